The summed E-state index contributed by atoms with van der Waals surface area (Å²) in [6.07, 6.45) is 4.69. The maximum atomic E-state index is 5.38. The molecule has 2 aliphatic rings. The summed E-state index contributed by atoms with van der Waals surface area (Å²) in [6, 6.07) is 0. The number of hydrogen-bond donors (Lipinski definition) is 0. The van der Waals surface area contributed by atoms with Gasteiger partial charge in [0.05, 0.1) is 19.5 Å². The molecule has 0 spiro atoms. The zero-order chi connectivity index (χ0) is 7.73. The van der Waals surface area contributed by atoms with E-state index in [1.165, 1.54) is 0 Å². The van der Waals surface area contributed by atoms with Crippen LogP contribution >= 0.6 is 0 Å². The second-order valence-corrected chi connectivity index (χ2v) is 2.94. The smallest absolute Gasteiger partial charge is 0.169 e. The van der Waals surface area contributed by atoms with Gasteiger partial charge in [0.1, 0.15) is 0 Å². The molecule has 0 aliphatic carbocycles. The van der Waals surface area contributed by atoms with Gasteiger partial charge in [0.2, 0.25) is 0 Å². The molecule has 0 saturated carbocycles. The standard InChI is InChI=1S/C8H12N2O/c1-2-3-8(6-11-8)10-5-4-9-7-10/h2,7H,1,3-6H2. The van der Waals surface area contributed by atoms with Crippen LogP contribution in [0, 0.1) is 0 Å². The molecule has 2 aliphatic heterocycles. The molecule has 60 valence electrons. The van der Waals surface area contributed by atoms with E-state index in [2.05, 4.69) is 16.5 Å². The van der Waals surface area contributed by atoms with Crippen LogP contribution in [0.2, 0.25) is 0 Å². The molecule has 0 N–H and O–H groups in total. The number of rotatable bonds is 3. The Kier molecular flexibility index (Phi) is 1.46. The minimum absolute atomic E-state index is 0.0538. The third kappa shape index (κ3) is 1.05. The lowest BCUT2D eigenvalue weighted by molar-refractivity contribution is 0.164. The van der Waals surface area contributed by atoms with Crippen LogP contribution in [0.3, 0.4) is 0 Å². The minimum atomic E-state index is -0.0538. The Hall–Kier alpha value is -0.830. The highest BCUT2D eigenvalue weighted by Gasteiger charge is 2.48. The predicted molar refractivity (Wildman–Crippen MR) is 43.6 cm³/mol. The molecule has 0 radical (unpaired) electrons. The van der Waals surface area contributed by atoms with E-state index < -0.39 is 0 Å². The molecule has 0 amide bonds. The maximum absolute atomic E-state index is 5.38. The van der Waals surface area contributed by atoms with Crippen molar-refractivity contribution in [1.82, 2.24) is 4.90 Å². The Balaban J connectivity index is 2.01. The molecule has 2 rings (SSSR count). The number of nitrogens with zero attached hydrogens (tertiary/aromatic N) is 2. The van der Waals surface area contributed by atoms with Crippen LogP contribution in [-0.2, 0) is 4.74 Å². The van der Waals surface area contributed by atoms with E-state index in [0.717, 1.165) is 26.1 Å². The summed E-state index contributed by atoms with van der Waals surface area (Å²) in [4.78, 5) is 6.30. The molecular weight excluding hydrogens is 140 g/mol. The Morgan fingerprint density at radius 3 is 3.09 bits per heavy atom. The molecule has 2 heterocycles. The summed E-state index contributed by atoms with van der Waals surface area (Å²) in [5.41, 5.74) is -0.0538. The van der Waals surface area contributed by atoms with Crippen LogP contribution in [0.25, 0.3) is 0 Å². The fraction of sp³-hybridized carbons (Fsp3) is 0.625. The first-order chi connectivity index (χ1) is 5.37. The first kappa shape index (κ1) is 6.85. The molecule has 3 heteroatoms. The van der Waals surface area contributed by atoms with E-state index in [4.69, 9.17) is 4.74 Å². The highest BCUT2D eigenvalue weighted by atomic mass is 16.6. The fourth-order valence-corrected chi connectivity index (χ4v) is 1.40. The van der Waals surface area contributed by atoms with Gasteiger partial charge in [0.15, 0.2) is 5.72 Å². The molecule has 11 heavy (non-hydrogen) atoms. The van der Waals surface area contributed by atoms with Crippen molar-refractivity contribution in [3.8, 4) is 0 Å². The van der Waals surface area contributed by atoms with Gasteiger partial charge in [-0.15, -0.1) is 6.58 Å². The van der Waals surface area contributed by atoms with Crippen LogP contribution in [-0.4, -0.2) is 36.7 Å². The van der Waals surface area contributed by atoms with Crippen LogP contribution in [0.4, 0.5) is 0 Å². The summed E-state index contributed by atoms with van der Waals surface area (Å²) >= 11 is 0. The van der Waals surface area contributed by atoms with Crippen molar-refractivity contribution in [3.63, 3.8) is 0 Å². The van der Waals surface area contributed by atoms with Crippen LogP contribution < -0.4 is 0 Å². The Bertz CT molecular complexity index is 196. The summed E-state index contributed by atoms with van der Waals surface area (Å²) in [5, 5.41) is 0. The van der Waals surface area contributed by atoms with Crippen molar-refractivity contribution in [1.29, 1.82) is 0 Å². The Morgan fingerprint density at radius 1 is 1.82 bits per heavy atom. The second-order valence-electron chi connectivity index (χ2n) is 2.94. The second kappa shape index (κ2) is 2.34. The van der Waals surface area contributed by atoms with E-state index in [9.17, 15) is 0 Å². The first-order valence-corrected chi connectivity index (χ1v) is 3.89. The number of epoxide rings is 1. The predicted octanol–water partition coefficient (Wildman–Crippen LogP) is 0.633. The highest BCUT2D eigenvalue weighted by molar-refractivity contribution is 5.58. The average molecular weight is 152 g/mol. The van der Waals surface area contributed by atoms with E-state index >= 15 is 0 Å². The average Bonchev–Trinajstić information content (AvgIpc) is 2.63. The molecule has 1 fully saturated rings. The van der Waals surface area contributed by atoms with Crippen LogP contribution in [0.15, 0.2) is 17.6 Å². The molecule has 1 unspecified atom stereocenters. The van der Waals surface area contributed by atoms with Crippen LogP contribution in [0.1, 0.15) is 6.42 Å². The summed E-state index contributed by atoms with van der Waals surface area (Å²) in [6.45, 7) is 6.43. The minimum Gasteiger partial charge on any atom is -0.348 e. The van der Waals surface area contributed by atoms with Crippen molar-refractivity contribution >= 4 is 6.34 Å². The molecule has 0 bridgehead atoms. The molecule has 0 aromatic heterocycles. The van der Waals surface area contributed by atoms with Gasteiger partial charge in [0.25, 0.3) is 0 Å². The largest absolute Gasteiger partial charge is 0.348 e. The van der Waals surface area contributed by atoms with E-state index in [1.54, 1.807) is 0 Å². The third-order valence-corrected chi connectivity index (χ3v) is 2.16. The van der Waals surface area contributed by atoms with Crippen LogP contribution in [0.5, 0.6) is 0 Å². The summed E-state index contributed by atoms with van der Waals surface area (Å²) < 4.78 is 5.38. The van der Waals surface area contributed by atoms with Crippen molar-refractivity contribution in [2.45, 2.75) is 12.1 Å². The van der Waals surface area contributed by atoms with Gasteiger partial charge in [-0.2, -0.15) is 0 Å². The van der Waals surface area contributed by atoms with Gasteiger partial charge < -0.3 is 9.64 Å². The van der Waals surface area contributed by atoms with Gasteiger partial charge in [-0.25, -0.2) is 0 Å². The van der Waals surface area contributed by atoms with E-state index in [0.29, 0.717) is 0 Å². The summed E-state index contributed by atoms with van der Waals surface area (Å²) in [5.74, 6) is 0. The van der Waals surface area contributed by atoms with Gasteiger partial charge >= 0.3 is 0 Å². The van der Waals surface area contributed by atoms with Gasteiger partial charge in [0, 0.05) is 13.0 Å². The van der Waals surface area contributed by atoms with Gasteiger partial charge in [-0.05, 0) is 0 Å². The normalized spacial score (nSPS) is 34.4. The molecule has 1 atom stereocenters. The molecule has 0 aromatic carbocycles. The lowest BCUT2D eigenvalue weighted by Gasteiger charge is -2.21. The SMILES string of the molecule is C=CCC1(N2C=NCC2)CO1. The third-order valence-electron chi connectivity index (χ3n) is 2.16. The van der Waals surface area contributed by atoms with Crippen molar-refractivity contribution in [2.75, 3.05) is 19.7 Å². The highest BCUT2D eigenvalue weighted by Crippen LogP contribution is 2.35. The van der Waals surface area contributed by atoms with E-state index in [1.807, 2.05) is 12.4 Å². The van der Waals surface area contributed by atoms with E-state index in [-0.39, 0.29) is 5.72 Å². The zero-order valence-corrected chi connectivity index (χ0v) is 6.49. The van der Waals surface area contributed by atoms with Crippen molar-refractivity contribution in [3.05, 3.63) is 12.7 Å². The molecule has 0 aromatic rings. The zero-order valence-electron chi connectivity index (χ0n) is 6.49. The van der Waals surface area contributed by atoms with Gasteiger partial charge in [-0.1, -0.05) is 6.08 Å². The Morgan fingerprint density at radius 2 is 2.64 bits per heavy atom. The maximum Gasteiger partial charge on any atom is 0.169 e. The molecular formula is C8H12N2O. The Labute approximate surface area is 66.4 Å². The molecule has 3 nitrogen and oxygen atoms in total. The number of hydrogen-bond acceptors (Lipinski definition) is 3. The quantitative estimate of drug-likeness (QED) is 0.438. The number of ether oxygens (including phenoxy) is 1. The summed E-state index contributed by atoms with van der Waals surface area (Å²) in [7, 11) is 0. The fourth-order valence-electron chi connectivity index (χ4n) is 1.40. The number of aliphatic imine (C=N–C) groups is 1. The monoisotopic (exact) mass is 152 g/mol. The topological polar surface area (TPSA) is 28.1 Å². The lowest BCUT2D eigenvalue weighted by atomic mass is 10.2. The van der Waals surface area contributed by atoms with Crippen molar-refractivity contribution < 1.29 is 4.74 Å². The lowest BCUT2D eigenvalue weighted by Crippen LogP contribution is -2.35. The first-order valence-electron chi connectivity index (χ1n) is 3.89. The molecule has 1 saturated heterocycles. The van der Waals surface area contributed by atoms with Crippen molar-refractivity contribution in [2.24, 2.45) is 4.99 Å². The van der Waals surface area contributed by atoms with Gasteiger partial charge in [-0.3, -0.25) is 4.99 Å².